The van der Waals surface area contributed by atoms with Gasteiger partial charge in [0.2, 0.25) is 0 Å². The lowest BCUT2D eigenvalue weighted by atomic mass is 9.97. The second-order valence-corrected chi connectivity index (χ2v) is 4.82. The zero-order valence-corrected chi connectivity index (χ0v) is 7.58. The highest BCUT2D eigenvalue weighted by atomic mass is 32.2. The monoisotopic (exact) mass is 160 g/mol. The van der Waals surface area contributed by atoms with Crippen LogP contribution in [0, 0.1) is 0 Å². The Balaban J connectivity index is 2.49. The molecule has 2 heteroatoms. The summed E-state index contributed by atoms with van der Waals surface area (Å²) in [5.41, 5.74) is 0. The summed E-state index contributed by atoms with van der Waals surface area (Å²) in [5, 5.41) is 9.60. The molecule has 1 fully saturated rings. The van der Waals surface area contributed by atoms with Gasteiger partial charge < -0.3 is 5.11 Å². The highest BCUT2D eigenvalue weighted by molar-refractivity contribution is 8.00. The molecule has 60 valence electrons. The topological polar surface area (TPSA) is 20.2 Å². The molecule has 1 heterocycles. The molecule has 1 saturated heterocycles. The maximum atomic E-state index is 9.60. The van der Waals surface area contributed by atoms with E-state index >= 15 is 0 Å². The molecule has 0 aromatic carbocycles. The van der Waals surface area contributed by atoms with E-state index in [-0.39, 0.29) is 10.9 Å². The van der Waals surface area contributed by atoms with Gasteiger partial charge in [0.15, 0.2) is 0 Å². The normalized spacial score (nSPS) is 36.3. The van der Waals surface area contributed by atoms with Gasteiger partial charge in [0.25, 0.3) is 0 Å². The van der Waals surface area contributed by atoms with Crippen molar-refractivity contribution < 1.29 is 5.11 Å². The van der Waals surface area contributed by atoms with Crippen LogP contribution in [-0.2, 0) is 0 Å². The third-order valence-corrected chi connectivity index (χ3v) is 3.97. The first-order valence-electron chi connectivity index (χ1n) is 4.01. The lowest BCUT2D eigenvalue weighted by Crippen LogP contribution is -2.32. The second-order valence-electron chi connectivity index (χ2n) is 3.19. The second kappa shape index (κ2) is 3.14. The molecule has 0 aliphatic carbocycles. The van der Waals surface area contributed by atoms with Crippen LogP contribution in [0.2, 0.25) is 0 Å². The molecule has 10 heavy (non-hydrogen) atoms. The summed E-state index contributed by atoms with van der Waals surface area (Å²) in [5.74, 6) is 1.23. The SMILES string of the molecule is CCC(O)C1(C)CCCS1. The smallest absolute Gasteiger partial charge is 0.0681 e. The molecular formula is C8H16OS. The summed E-state index contributed by atoms with van der Waals surface area (Å²) in [7, 11) is 0. The van der Waals surface area contributed by atoms with Crippen LogP contribution < -0.4 is 0 Å². The Labute approximate surface area is 67.2 Å². The molecule has 0 aromatic heterocycles. The average Bonchev–Trinajstić information content (AvgIpc) is 2.36. The summed E-state index contributed by atoms with van der Waals surface area (Å²) in [4.78, 5) is 0. The van der Waals surface area contributed by atoms with Gasteiger partial charge in [-0.2, -0.15) is 11.8 Å². The fraction of sp³-hybridized carbons (Fsp3) is 1.00. The van der Waals surface area contributed by atoms with Crippen molar-refractivity contribution in [3.05, 3.63) is 0 Å². The molecule has 1 rings (SSSR count). The number of thioether (sulfide) groups is 1. The van der Waals surface area contributed by atoms with E-state index in [1.807, 2.05) is 11.8 Å². The van der Waals surface area contributed by atoms with E-state index in [0.717, 1.165) is 6.42 Å². The predicted octanol–water partition coefficient (Wildman–Crippen LogP) is 2.04. The van der Waals surface area contributed by atoms with Gasteiger partial charge in [0.1, 0.15) is 0 Å². The maximum Gasteiger partial charge on any atom is 0.0681 e. The van der Waals surface area contributed by atoms with Crippen LogP contribution in [0.15, 0.2) is 0 Å². The summed E-state index contributed by atoms with van der Waals surface area (Å²) >= 11 is 1.93. The van der Waals surface area contributed by atoms with Gasteiger partial charge >= 0.3 is 0 Å². The van der Waals surface area contributed by atoms with Gasteiger partial charge in [-0.05, 0) is 31.9 Å². The molecule has 0 spiro atoms. The highest BCUT2D eigenvalue weighted by Crippen LogP contribution is 2.41. The lowest BCUT2D eigenvalue weighted by Gasteiger charge is -2.27. The predicted molar refractivity (Wildman–Crippen MR) is 46.4 cm³/mol. The molecule has 0 bridgehead atoms. The molecule has 0 saturated carbocycles. The van der Waals surface area contributed by atoms with Crippen molar-refractivity contribution in [2.75, 3.05) is 5.75 Å². The van der Waals surface area contributed by atoms with E-state index < -0.39 is 0 Å². The molecule has 0 radical (unpaired) electrons. The van der Waals surface area contributed by atoms with E-state index in [1.54, 1.807) is 0 Å². The van der Waals surface area contributed by atoms with Crippen molar-refractivity contribution in [2.45, 2.75) is 44.0 Å². The van der Waals surface area contributed by atoms with Gasteiger partial charge in [-0.3, -0.25) is 0 Å². The molecule has 2 atom stereocenters. The van der Waals surface area contributed by atoms with Gasteiger partial charge in [-0.25, -0.2) is 0 Å². The van der Waals surface area contributed by atoms with Gasteiger partial charge in [-0.15, -0.1) is 0 Å². The third kappa shape index (κ3) is 1.48. The maximum absolute atomic E-state index is 9.60. The van der Waals surface area contributed by atoms with Crippen molar-refractivity contribution in [3.8, 4) is 0 Å². The van der Waals surface area contributed by atoms with Gasteiger partial charge in [-0.1, -0.05) is 6.92 Å². The van der Waals surface area contributed by atoms with Crippen LogP contribution in [-0.4, -0.2) is 21.7 Å². The van der Waals surface area contributed by atoms with Crippen LogP contribution >= 0.6 is 11.8 Å². The Morgan fingerprint density at radius 2 is 2.40 bits per heavy atom. The van der Waals surface area contributed by atoms with Gasteiger partial charge in [0.05, 0.1) is 6.10 Å². The van der Waals surface area contributed by atoms with Crippen molar-refractivity contribution in [2.24, 2.45) is 0 Å². The fourth-order valence-electron chi connectivity index (χ4n) is 1.50. The van der Waals surface area contributed by atoms with E-state index in [9.17, 15) is 5.11 Å². The third-order valence-electron chi connectivity index (χ3n) is 2.34. The van der Waals surface area contributed by atoms with Crippen molar-refractivity contribution in [1.29, 1.82) is 0 Å². The zero-order valence-electron chi connectivity index (χ0n) is 6.76. The van der Waals surface area contributed by atoms with E-state index in [4.69, 9.17) is 0 Å². The van der Waals surface area contributed by atoms with Crippen LogP contribution in [0.5, 0.6) is 0 Å². The molecule has 0 amide bonds. The Morgan fingerprint density at radius 3 is 2.80 bits per heavy atom. The summed E-state index contributed by atoms with van der Waals surface area (Å²) in [6.45, 7) is 4.23. The number of rotatable bonds is 2. The van der Waals surface area contributed by atoms with E-state index in [1.165, 1.54) is 18.6 Å². The minimum absolute atomic E-state index is 0.0972. The average molecular weight is 160 g/mol. The summed E-state index contributed by atoms with van der Waals surface area (Å²) < 4.78 is 0.175. The van der Waals surface area contributed by atoms with Crippen LogP contribution in [0.1, 0.15) is 33.1 Å². The largest absolute Gasteiger partial charge is 0.392 e. The minimum Gasteiger partial charge on any atom is -0.392 e. The van der Waals surface area contributed by atoms with Crippen LogP contribution in [0.3, 0.4) is 0 Å². The van der Waals surface area contributed by atoms with Crippen LogP contribution in [0.25, 0.3) is 0 Å². The number of hydrogen-bond acceptors (Lipinski definition) is 2. The Bertz CT molecular complexity index is 108. The molecule has 1 nitrogen and oxygen atoms in total. The highest BCUT2D eigenvalue weighted by Gasteiger charge is 2.35. The van der Waals surface area contributed by atoms with Crippen molar-refractivity contribution in [1.82, 2.24) is 0 Å². The Morgan fingerprint density at radius 1 is 1.70 bits per heavy atom. The lowest BCUT2D eigenvalue weighted by molar-refractivity contribution is 0.129. The molecule has 1 N–H and O–H groups in total. The van der Waals surface area contributed by atoms with Crippen molar-refractivity contribution in [3.63, 3.8) is 0 Å². The fourth-order valence-corrected chi connectivity index (χ4v) is 2.90. The first-order chi connectivity index (χ1) is 4.69. The summed E-state index contributed by atoms with van der Waals surface area (Å²) in [6, 6.07) is 0. The zero-order chi connectivity index (χ0) is 7.61. The van der Waals surface area contributed by atoms with Gasteiger partial charge in [0, 0.05) is 4.75 Å². The van der Waals surface area contributed by atoms with E-state index in [2.05, 4.69) is 13.8 Å². The van der Waals surface area contributed by atoms with E-state index in [0.29, 0.717) is 0 Å². The number of aliphatic hydroxyl groups is 1. The standard InChI is InChI=1S/C8H16OS/c1-3-7(9)8(2)5-4-6-10-8/h7,9H,3-6H2,1-2H3. The minimum atomic E-state index is -0.0972. The number of hydrogen-bond donors (Lipinski definition) is 1. The Hall–Kier alpha value is 0.310. The quantitative estimate of drug-likeness (QED) is 0.667. The Kier molecular flexibility index (Phi) is 2.64. The molecular weight excluding hydrogens is 144 g/mol. The first-order valence-corrected chi connectivity index (χ1v) is 4.99. The van der Waals surface area contributed by atoms with Crippen LogP contribution in [0.4, 0.5) is 0 Å². The molecule has 2 unspecified atom stereocenters. The number of aliphatic hydroxyl groups excluding tert-OH is 1. The molecule has 1 aliphatic heterocycles. The summed E-state index contributed by atoms with van der Waals surface area (Å²) in [6.07, 6.45) is 3.26. The first kappa shape index (κ1) is 8.41. The van der Waals surface area contributed by atoms with Crippen molar-refractivity contribution >= 4 is 11.8 Å². The molecule has 1 aliphatic rings. The molecule has 0 aromatic rings.